The lowest BCUT2D eigenvalue weighted by molar-refractivity contribution is -0.137. The molecule has 1 amide bonds. The van der Waals surface area contributed by atoms with Crippen LogP contribution in [0.1, 0.15) is 12.5 Å². The van der Waals surface area contributed by atoms with Crippen molar-refractivity contribution in [2.24, 2.45) is 0 Å². The Kier molecular flexibility index (Phi) is 6.39. The lowest BCUT2D eigenvalue weighted by atomic mass is 10.2. The van der Waals surface area contributed by atoms with Gasteiger partial charge in [-0.1, -0.05) is 17.7 Å². The molecule has 0 fully saturated rings. The fraction of sp³-hybridized carbons (Fsp3) is 0.214. The van der Waals surface area contributed by atoms with Crippen LogP contribution in [0.4, 0.5) is 5.69 Å². The number of hydrogen-bond donors (Lipinski definition) is 2. The van der Waals surface area contributed by atoms with E-state index in [4.69, 9.17) is 12.2 Å². The molecule has 0 aliphatic heterocycles. The highest BCUT2D eigenvalue weighted by Gasteiger charge is 2.02. The van der Waals surface area contributed by atoms with Gasteiger partial charge < -0.3 is 10.1 Å². The molecule has 6 heteroatoms. The third-order valence-electron chi connectivity index (χ3n) is 2.20. The van der Waals surface area contributed by atoms with Crippen LogP contribution in [-0.2, 0) is 14.3 Å². The molecule has 1 rings (SSSR count). The fourth-order valence-electron chi connectivity index (χ4n) is 1.29. The Labute approximate surface area is 123 Å². The van der Waals surface area contributed by atoms with Crippen LogP contribution in [0.15, 0.2) is 36.4 Å². The zero-order valence-electron chi connectivity index (χ0n) is 11.3. The zero-order valence-corrected chi connectivity index (χ0v) is 12.1. The van der Waals surface area contributed by atoms with E-state index in [1.54, 1.807) is 6.92 Å². The molecule has 1 aromatic rings. The van der Waals surface area contributed by atoms with E-state index >= 15 is 0 Å². The Balaban J connectivity index is 2.44. The van der Waals surface area contributed by atoms with Crippen LogP contribution in [0.5, 0.6) is 0 Å². The highest BCUT2D eigenvalue weighted by Crippen LogP contribution is 2.08. The Morgan fingerprint density at radius 2 is 1.90 bits per heavy atom. The summed E-state index contributed by atoms with van der Waals surface area (Å²) in [6, 6.07) is 7.55. The number of rotatable bonds is 4. The summed E-state index contributed by atoms with van der Waals surface area (Å²) in [6.45, 7) is 3.93. The number of carbonyl (C=O) groups is 2. The van der Waals surface area contributed by atoms with Gasteiger partial charge in [0.2, 0.25) is 5.91 Å². The molecular formula is C14H16N2O3S. The molecule has 0 bridgehead atoms. The summed E-state index contributed by atoms with van der Waals surface area (Å²) in [5.74, 6) is -1.07. The smallest absolute Gasteiger partial charge is 0.330 e. The van der Waals surface area contributed by atoms with Crippen molar-refractivity contribution in [3.63, 3.8) is 0 Å². The summed E-state index contributed by atoms with van der Waals surface area (Å²) >= 11 is 4.98. The van der Waals surface area contributed by atoms with Gasteiger partial charge in [-0.3, -0.25) is 10.1 Å². The lowest BCUT2D eigenvalue weighted by Gasteiger charge is -2.08. The molecule has 0 saturated heterocycles. The van der Waals surface area contributed by atoms with Gasteiger partial charge in [-0.05, 0) is 38.2 Å². The number of hydrogen-bond acceptors (Lipinski definition) is 4. The van der Waals surface area contributed by atoms with E-state index in [1.165, 1.54) is 0 Å². The molecule has 1 aromatic carbocycles. The molecule has 20 heavy (non-hydrogen) atoms. The van der Waals surface area contributed by atoms with Crippen LogP contribution in [0.2, 0.25) is 0 Å². The van der Waals surface area contributed by atoms with Gasteiger partial charge in [0.1, 0.15) is 0 Å². The molecular weight excluding hydrogens is 276 g/mol. The second kappa shape index (κ2) is 8.06. The third-order valence-corrected chi connectivity index (χ3v) is 2.41. The van der Waals surface area contributed by atoms with Gasteiger partial charge in [0, 0.05) is 17.8 Å². The molecule has 0 aromatic heterocycles. The molecule has 0 unspecified atom stereocenters. The highest BCUT2D eigenvalue weighted by molar-refractivity contribution is 7.80. The van der Waals surface area contributed by atoms with E-state index in [1.807, 2.05) is 31.2 Å². The monoisotopic (exact) mass is 292 g/mol. The van der Waals surface area contributed by atoms with Crippen LogP contribution < -0.4 is 10.6 Å². The van der Waals surface area contributed by atoms with E-state index in [-0.39, 0.29) is 11.7 Å². The Morgan fingerprint density at radius 1 is 1.25 bits per heavy atom. The number of carbonyl (C=O) groups excluding carboxylic acids is 2. The average Bonchev–Trinajstić information content (AvgIpc) is 2.39. The van der Waals surface area contributed by atoms with E-state index in [0.717, 1.165) is 23.4 Å². The number of nitrogens with one attached hydrogen (secondary N) is 2. The molecule has 0 aliphatic rings. The van der Waals surface area contributed by atoms with Crippen molar-refractivity contribution in [3.8, 4) is 0 Å². The Morgan fingerprint density at radius 3 is 2.50 bits per heavy atom. The number of aryl methyl sites for hydroxylation is 1. The van der Waals surface area contributed by atoms with Crippen LogP contribution in [0.3, 0.4) is 0 Å². The molecule has 106 valence electrons. The molecule has 0 radical (unpaired) electrons. The van der Waals surface area contributed by atoms with Crippen molar-refractivity contribution in [2.45, 2.75) is 13.8 Å². The van der Waals surface area contributed by atoms with Crippen molar-refractivity contribution in [1.29, 1.82) is 0 Å². The van der Waals surface area contributed by atoms with Crippen molar-refractivity contribution < 1.29 is 14.3 Å². The maximum absolute atomic E-state index is 11.5. The van der Waals surface area contributed by atoms with Gasteiger partial charge in [0.15, 0.2) is 5.11 Å². The van der Waals surface area contributed by atoms with Crippen molar-refractivity contribution in [1.82, 2.24) is 5.32 Å². The summed E-state index contributed by atoms with van der Waals surface area (Å²) in [5.41, 5.74) is 1.90. The molecule has 5 nitrogen and oxygen atoms in total. The first-order valence-electron chi connectivity index (χ1n) is 6.04. The van der Waals surface area contributed by atoms with Crippen molar-refractivity contribution >= 4 is 34.9 Å². The van der Waals surface area contributed by atoms with E-state index in [0.29, 0.717) is 0 Å². The van der Waals surface area contributed by atoms with E-state index < -0.39 is 11.9 Å². The third kappa shape index (κ3) is 6.10. The summed E-state index contributed by atoms with van der Waals surface area (Å²) in [7, 11) is 0. The van der Waals surface area contributed by atoms with E-state index in [9.17, 15) is 9.59 Å². The van der Waals surface area contributed by atoms with Gasteiger partial charge in [-0.15, -0.1) is 0 Å². The number of benzene rings is 1. The van der Waals surface area contributed by atoms with E-state index in [2.05, 4.69) is 15.4 Å². The minimum atomic E-state index is -0.569. The zero-order chi connectivity index (χ0) is 15.0. The molecule has 0 atom stereocenters. The van der Waals surface area contributed by atoms with Gasteiger partial charge >= 0.3 is 5.97 Å². The topological polar surface area (TPSA) is 67.4 Å². The quantitative estimate of drug-likeness (QED) is 0.504. The van der Waals surface area contributed by atoms with Crippen LogP contribution in [-0.4, -0.2) is 23.6 Å². The van der Waals surface area contributed by atoms with Gasteiger partial charge in [-0.2, -0.15) is 0 Å². The van der Waals surface area contributed by atoms with Gasteiger partial charge in [0.05, 0.1) is 6.61 Å². The van der Waals surface area contributed by atoms with Crippen LogP contribution in [0, 0.1) is 6.92 Å². The maximum Gasteiger partial charge on any atom is 0.330 e. The maximum atomic E-state index is 11.5. The second-order valence-corrected chi connectivity index (χ2v) is 4.30. The largest absolute Gasteiger partial charge is 0.463 e. The van der Waals surface area contributed by atoms with Crippen LogP contribution in [0.25, 0.3) is 0 Å². The highest BCUT2D eigenvalue weighted by atomic mass is 32.1. The standard InChI is InChI=1S/C14H16N2O3S/c1-3-19-13(18)9-8-12(17)16-14(20)15-11-6-4-10(2)5-7-11/h4-9H,3H2,1-2H3,(H2,15,16,17,20)/b9-8+. The molecule has 2 N–H and O–H groups in total. The predicted molar refractivity (Wildman–Crippen MR) is 81.3 cm³/mol. The number of thiocarbonyl (C=S) groups is 1. The van der Waals surface area contributed by atoms with Crippen molar-refractivity contribution in [2.75, 3.05) is 11.9 Å². The van der Waals surface area contributed by atoms with Crippen molar-refractivity contribution in [3.05, 3.63) is 42.0 Å². The SMILES string of the molecule is CCOC(=O)/C=C/C(=O)NC(=S)Nc1ccc(C)cc1. The first kappa shape index (κ1) is 15.8. The minimum Gasteiger partial charge on any atom is -0.463 e. The Hall–Kier alpha value is -2.21. The average molecular weight is 292 g/mol. The second-order valence-electron chi connectivity index (χ2n) is 3.89. The number of ether oxygens (including phenoxy) is 1. The number of anilines is 1. The summed E-state index contributed by atoms with van der Waals surface area (Å²) < 4.78 is 4.65. The normalized spacial score (nSPS) is 10.1. The first-order chi connectivity index (χ1) is 9.51. The van der Waals surface area contributed by atoms with Gasteiger partial charge in [-0.25, -0.2) is 4.79 Å². The molecule has 0 saturated carbocycles. The number of esters is 1. The summed E-state index contributed by atoms with van der Waals surface area (Å²) in [4.78, 5) is 22.5. The number of amides is 1. The molecule has 0 heterocycles. The molecule has 0 spiro atoms. The first-order valence-corrected chi connectivity index (χ1v) is 6.45. The predicted octanol–water partition coefficient (Wildman–Crippen LogP) is 1.93. The lowest BCUT2D eigenvalue weighted by Crippen LogP contribution is -2.32. The molecule has 0 aliphatic carbocycles. The van der Waals surface area contributed by atoms with Gasteiger partial charge in [0.25, 0.3) is 0 Å². The summed E-state index contributed by atoms with van der Waals surface area (Å²) in [6.07, 6.45) is 2.12. The van der Waals surface area contributed by atoms with Crippen LogP contribution >= 0.6 is 12.2 Å². The minimum absolute atomic E-state index is 0.160. The summed E-state index contributed by atoms with van der Waals surface area (Å²) in [5, 5.41) is 5.45. The Bertz CT molecular complexity index is 524. The fourth-order valence-corrected chi connectivity index (χ4v) is 1.51.